The number of rotatable bonds is 4. The van der Waals surface area contributed by atoms with Crippen molar-refractivity contribution in [3.05, 3.63) is 53.1 Å². The second kappa shape index (κ2) is 7.33. The number of aliphatic hydroxyl groups is 1. The Morgan fingerprint density at radius 2 is 2.03 bits per heavy atom. The Bertz CT molecular complexity index is 963. The van der Waals surface area contributed by atoms with Crippen molar-refractivity contribution in [2.75, 3.05) is 17.7 Å². The first-order chi connectivity index (χ1) is 13.9. The molecule has 0 unspecified atom stereocenters. The molecule has 2 aromatic rings. The van der Waals surface area contributed by atoms with E-state index >= 15 is 0 Å². The minimum Gasteiger partial charge on any atom is -0.497 e. The van der Waals surface area contributed by atoms with E-state index in [4.69, 9.17) is 16.3 Å². The van der Waals surface area contributed by atoms with Gasteiger partial charge < -0.3 is 20.5 Å². The number of carbonyl (C=O) groups excluding carboxylic acids is 2. The van der Waals surface area contributed by atoms with E-state index in [1.165, 1.54) is 0 Å². The molecule has 8 heteroatoms. The average Bonchev–Trinajstić information content (AvgIpc) is 3.24. The van der Waals surface area contributed by atoms with Gasteiger partial charge in [-0.05, 0) is 43.7 Å². The molecule has 4 atom stereocenters. The minimum atomic E-state index is -1.29. The van der Waals surface area contributed by atoms with Crippen LogP contribution < -0.4 is 20.7 Å². The zero-order chi connectivity index (χ0) is 20.8. The molecule has 2 aliphatic heterocycles. The molecule has 2 aliphatic rings. The van der Waals surface area contributed by atoms with Crippen LogP contribution in [-0.4, -0.2) is 36.2 Å². The first kappa shape index (κ1) is 19.7. The maximum atomic E-state index is 13.3. The van der Waals surface area contributed by atoms with Gasteiger partial charge in [-0.15, -0.1) is 0 Å². The van der Waals surface area contributed by atoms with Gasteiger partial charge >= 0.3 is 0 Å². The van der Waals surface area contributed by atoms with Crippen molar-refractivity contribution in [1.82, 2.24) is 5.32 Å². The highest BCUT2D eigenvalue weighted by molar-refractivity contribution is 6.35. The van der Waals surface area contributed by atoms with Crippen molar-refractivity contribution in [2.24, 2.45) is 5.92 Å². The SMILES string of the molecule is COc1ccc(NC(=O)[C@@H]2C[C@H]([C@H](C)O)N[C@@]23C(=O)Nc2c(Cl)cccc23)cc1. The number of carbonyl (C=O) groups is 2. The average molecular weight is 416 g/mol. The van der Waals surface area contributed by atoms with Crippen LogP contribution in [0.4, 0.5) is 11.4 Å². The number of nitrogens with one attached hydrogen (secondary N) is 3. The van der Waals surface area contributed by atoms with E-state index in [-0.39, 0.29) is 11.8 Å². The van der Waals surface area contributed by atoms with E-state index in [0.717, 1.165) is 0 Å². The fraction of sp³-hybridized carbons (Fsp3) is 0.333. The van der Waals surface area contributed by atoms with Crippen molar-refractivity contribution in [2.45, 2.75) is 31.0 Å². The summed E-state index contributed by atoms with van der Waals surface area (Å²) in [5.41, 5.74) is 0.419. The van der Waals surface area contributed by atoms with Crippen molar-refractivity contribution in [1.29, 1.82) is 0 Å². The summed E-state index contributed by atoms with van der Waals surface area (Å²) in [6, 6.07) is 11.8. The van der Waals surface area contributed by atoms with E-state index in [9.17, 15) is 14.7 Å². The summed E-state index contributed by atoms with van der Waals surface area (Å²) < 4.78 is 5.14. The first-order valence-electron chi connectivity index (χ1n) is 9.38. The van der Waals surface area contributed by atoms with E-state index < -0.39 is 23.6 Å². The van der Waals surface area contributed by atoms with E-state index in [2.05, 4.69) is 16.0 Å². The Labute approximate surface area is 173 Å². The molecule has 4 rings (SSSR count). The Morgan fingerprint density at radius 1 is 1.31 bits per heavy atom. The molecule has 0 radical (unpaired) electrons. The van der Waals surface area contributed by atoms with Crippen LogP contribution in [0.3, 0.4) is 0 Å². The van der Waals surface area contributed by atoms with Crippen LogP contribution in [0.5, 0.6) is 5.75 Å². The van der Waals surface area contributed by atoms with Gasteiger partial charge in [0.25, 0.3) is 0 Å². The van der Waals surface area contributed by atoms with Gasteiger partial charge in [0.1, 0.15) is 11.3 Å². The minimum absolute atomic E-state index is 0.305. The largest absolute Gasteiger partial charge is 0.497 e. The van der Waals surface area contributed by atoms with E-state index in [0.29, 0.717) is 34.1 Å². The lowest BCUT2D eigenvalue weighted by Crippen LogP contribution is -2.53. The van der Waals surface area contributed by atoms with Crippen LogP contribution in [0.2, 0.25) is 5.02 Å². The molecule has 2 heterocycles. The molecule has 29 heavy (non-hydrogen) atoms. The molecule has 2 amide bonds. The number of halogens is 1. The maximum Gasteiger partial charge on any atom is 0.250 e. The number of methoxy groups -OCH3 is 1. The molecule has 0 bridgehead atoms. The van der Waals surface area contributed by atoms with Gasteiger partial charge in [-0.25, -0.2) is 0 Å². The smallest absolute Gasteiger partial charge is 0.250 e. The van der Waals surface area contributed by atoms with Crippen LogP contribution in [0, 0.1) is 5.92 Å². The highest BCUT2D eigenvalue weighted by Crippen LogP contribution is 2.49. The van der Waals surface area contributed by atoms with E-state index in [1.807, 2.05) is 0 Å². The number of ether oxygens (including phenoxy) is 1. The summed E-state index contributed by atoms with van der Waals surface area (Å²) in [5, 5.41) is 19.5. The molecule has 1 spiro atoms. The molecule has 0 saturated carbocycles. The number of para-hydroxylation sites is 1. The zero-order valence-electron chi connectivity index (χ0n) is 16.0. The Hall–Kier alpha value is -2.61. The van der Waals surface area contributed by atoms with Gasteiger partial charge in [0.05, 0.1) is 29.8 Å². The quantitative estimate of drug-likeness (QED) is 0.614. The Balaban J connectivity index is 1.71. The predicted octanol–water partition coefficient (Wildman–Crippen LogP) is 2.49. The van der Waals surface area contributed by atoms with Crippen molar-refractivity contribution in [3.63, 3.8) is 0 Å². The topological polar surface area (TPSA) is 99.7 Å². The fourth-order valence-electron chi connectivity index (χ4n) is 4.21. The van der Waals surface area contributed by atoms with Crippen LogP contribution in [0.1, 0.15) is 18.9 Å². The normalized spacial score (nSPS) is 26.1. The second-order valence-corrected chi connectivity index (χ2v) is 7.83. The van der Waals surface area contributed by atoms with Gasteiger partial charge in [0.2, 0.25) is 11.8 Å². The number of anilines is 2. The number of hydrogen-bond donors (Lipinski definition) is 4. The lowest BCUT2D eigenvalue weighted by Gasteiger charge is -2.29. The highest BCUT2D eigenvalue weighted by atomic mass is 35.5. The number of amides is 2. The molecular formula is C21H22ClN3O4. The lowest BCUT2D eigenvalue weighted by molar-refractivity contribution is -0.130. The fourth-order valence-corrected chi connectivity index (χ4v) is 4.43. The molecule has 4 N–H and O–H groups in total. The molecule has 0 aliphatic carbocycles. The Morgan fingerprint density at radius 3 is 2.69 bits per heavy atom. The second-order valence-electron chi connectivity index (χ2n) is 7.42. The van der Waals surface area contributed by atoms with Crippen molar-refractivity contribution >= 4 is 34.8 Å². The summed E-state index contributed by atoms with van der Waals surface area (Å²) in [6.07, 6.45) is -0.430. The third-order valence-corrected chi connectivity index (χ3v) is 6.03. The van der Waals surface area contributed by atoms with Gasteiger partial charge in [0.15, 0.2) is 0 Å². The van der Waals surface area contributed by atoms with Crippen molar-refractivity contribution in [3.8, 4) is 5.75 Å². The molecule has 1 fully saturated rings. The molecule has 1 saturated heterocycles. The predicted molar refractivity (Wildman–Crippen MR) is 110 cm³/mol. The molecule has 2 aromatic carbocycles. The number of benzene rings is 2. The molecule has 152 valence electrons. The third kappa shape index (κ3) is 3.15. The molecule has 7 nitrogen and oxygen atoms in total. The van der Waals surface area contributed by atoms with Crippen LogP contribution in [-0.2, 0) is 15.1 Å². The van der Waals surface area contributed by atoms with Gasteiger partial charge in [-0.1, -0.05) is 23.7 Å². The zero-order valence-corrected chi connectivity index (χ0v) is 16.8. The van der Waals surface area contributed by atoms with Crippen LogP contribution in [0.25, 0.3) is 0 Å². The standard InChI is InChI=1S/C21H22ClN3O4/c1-11(26)17-10-15(19(27)23-12-6-8-13(29-2)9-7-12)21(25-17)14-4-3-5-16(22)18(14)24-20(21)28/h3-9,11,15,17,25-26H,10H2,1-2H3,(H,23,27)(H,24,28)/t11-,15-,17+,21+/m0/s1. The summed E-state index contributed by atoms with van der Waals surface area (Å²) in [5.74, 6) is -0.716. The van der Waals surface area contributed by atoms with Crippen LogP contribution >= 0.6 is 11.6 Å². The summed E-state index contributed by atoms with van der Waals surface area (Å²) in [4.78, 5) is 26.4. The van der Waals surface area contributed by atoms with Gasteiger partial charge in [0, 0.05) is 17.3 Å². The summed E-state index contributed by atoms with van der Waals surface area (Å²) in [7, 11) is 1.57. The summed E-state index contributed by atoms with van der Waals surface area (Å²) in [6.45, 7) is 1.64. The third-order valence-electron chi connectivity index (χ3n) is 5.72. The van der Waals surface area contributed by atoms with Gasteiger partial charge in [-0.2, -0.15) is 0 Å². The maximum absolute atomic E-state index is 13.3. The summed E-state index contributed by atoms with van der Waals surface area (Å²) >= 11 is 6.28. The van der Waals surface area contributed by atoms with E-state index in [1.54, 1.807) is 56.5 Å². The monoisotopic (exact) mass is 415 g/mol. The number of fused-ring (bicyclic) bond motifs is 2. The molecule has 0 aromatic heterocycles. The van der Waals surface area contributed by atoms with Gasteiger partial charge in [-0.3, -0.25) is 14.9 Å². The molecular weight excluding hydrogens is 394 g/mol. The van der Waals surface area contributed by atoms with Crippen LogP contribution in [0.15, 0.2) is 42.5 Å². The van der Waals surface area contributed by atoms with Crippen molar-refractivity contribution < 1.29 is 19.4 Å². The number of hydrogen-bond acceptors (Lipinski definition) is 5. The number of aliphatic hydroxyl groups excluding tert-OH is 1. The Kier molecular flexibility index (Phi) is 4.98. The first-order valence-corrected chi connectivity index (χ1v) is 9.75. The lowest BCUT2D eigenvalue weighted by atomic mass is 9.79. The highest BCUT2D eigenvalue weighted by Gasteiger charge is 2.61.